The van der Waals surface area contributed by atoms with Crippen molar-refractivity contribution in [1.29, 1.82) is 0 Å². The molecule has 10 heteroatoms. The number of carbonyl (C=O) groups is 1. The predicted molar refractivity (Wildman–Crippen MR) is 111 cm³/mol. The van der Waals surface area contributed by atoms with Gasteiger partial charge in [-0.1, -0.05) is 6.07 Å². The van der Waals surface area contributed by atoms with Gasteiger partial charge >= 0.3 is 7.82 Å². The normalized spacial score (nSPS) is 13.9. The van der Waals surface area contributed by atoms with Crippen LogP contribution < -0.4 is 5.73 Å². The lowest BCUT2D eigenvalue weighted by atomic mass is 9.98. The van der Waals surface area contributed by atoms with Gasteiger partial charge in [-0.05, 0) is 68.9 Å². The van der Waals surface area contributed by atoms with Crippen molar-refractivity contribution in [2.24, 2.45) is 5.73 Å². The van der Waals surface area contributed by atoms with Gasteiger partial charge in [-0.15, -0.1) is 11.3 Å². The number of aryl methyl sites for hydroxylation is 2. The van der Waals surface area contributed by atoms with E-state index < -0.39 is 25.0 Å². The number of phosphoric acid groups is 1. The summed E-state index contributed by atoms with van der Waals surface area (Å²) < 4.78 is 41.4. The summed E-state index contributed by atoms with van der Waals surface area (Å²) in [4.78, 5) is 31.5. The maximum atomic E-state index is 13.2. The van der Waals surface area contributed by atoms with E-state index in [1.165, 1.54) is 17.4 Å². The number of halogens is 2. The van der Waals surface area contributed by atoms with Gasteiger partial charge in [0.2, 0.25) is 0 Å². The Labute approximate surface area is 178 Å². The molecule has 0 spiro atoms. The number of phosphoric ester groups is 1. The summed E-state index contributed by atoms with van der Waals surface area (Å²) in [5.41, 5.74) is 5.80. The topological polar surface area (TPSA) is 110 Å². The molecule has 6 nitrogen and oxygen atoms in total. The molecule has 0 fully saturated rings. The largest absolute Gasteiger partial charge is 0.469 e. The SMILES string of the molecule is CC(N)(CCc1ccc(C(=O)CCCCc2ccc(F)c(F)c2)s1)COP(=O)(O)O. The summed E-state index contributed by atoms with van der Waals surface area (Å²) in [5, 5.41) is 0. The fourth-order valence-corrected chi connectivity index (χ4v) is 4.25. The fraction of sp³-hybridized carbons (Fsp3) is 0.450. The minimum absolute atomic E-state index is 0.0249. The highest BCUT2D eigenvalue weighted by atomic mass is 32.1. The molecule has 30 heavy (non-hydrogen) atoms. The van der Waals surface area contributed by atoms with Crippen LogP contribution in [0.15, 0.2) is 30.3 Å². The molecule has 1 unspecified atom stereocenters. The number of benzene rings is 1. The second-order valence-corrected chi connectivity index (χ2v) is 9.97. The Bertz CT molecular complexity index is 912. The summed E-state index contributed by atoms with van der Waals surface area (Å²) in [5.74, 6) is -1.71. The van der Waals surface area contributed by atoms with E-state index in [0.717, 1.165) is 10.9 Å². The number of rotatable bonds is 12. The predicted octanol–water partition coefficient (Wildman–Crippen LogP) is 4.38. The number of unbranched alkanes of at least 4 members (excludes halogenated alkanes) is 1. The first-order valence-electron chi connectivity index (χ1n) is 9.50. The van der Waals surface area contributed by atoms with E-state index in [1.807, 2.05) is 6.07 Å². The Morgan fingerprint density at radius 3 is 2.57 bits per heavy atom. The van der Waals surface area contributed by atoms with Gasteiger partial charge in [0, 0.05) is 16.8 Å². The first-order chi connectivity index (χ1) is 14.0. The minimum atomic E-state index is -4.56. The Hall–Kier alpha value is -1.48. The van der Waals surface area contributed by atoms with Crippen LogP contribution in [0.5, 0.6) is 0 Å². The maximum absolute atomic E-state index is 13.2. The van der Waals surface area contributed by atoms with Crippen LogP contribution in [0.2, 0.25) is 0 Å². The number of carbonyl (C=O) groups excluding carboxylic acids is 1. The van der Waals surface area contributed by atoms with Crippen molar-refractivity contribution < 1.29 is 32.5 Å². The average molecular weight is 461 g/mol. The minimum Gasteiger partial charge on any atom is -0.323 e. The molecular formula is C20H26F2NO5PS. The van der Waals surface area contributed by atoms with E-state index in [9.17, 15) is 18.1 Å². The van der Waals surface area contributed by atoms with E-state index in [1.54, 1.807) is 19.1 Å². The Morgan fingerprint density at radius 1 is 1.17 bits per heavy atom. The molecule has 166 valence electrons. The highest BCUT2D eigenvalue weighted by Gasteiger charge is 2.24. The number of hydrogen-bond donors (Lipinski definition) is 3. The third-order valence-electron chi connectivity index (χ3n) is 4.54. The van der Waals surface area contributed by atoms with Gasteiger partial charge in [-0.25, -0.2) is 13.3 Å². The first kappa shape index (κ1) is 24.8. The lowest BCUT2D eigenvalue weighted by molar-refractivity contribution is 0.0983. The van der Waals surface area contributed by atoms with Gasteiger partial charge in [0.15, 0.2) is 17.4 Å². The number of ketones is 1. The van der Waals surface area contributed by atoms with E-state index >= 15 is 0 Å². The maximum Gasteiger partial charge on any atom is 0.469 e. The van der Waals surface area contributed by atoms with Crippen LogP contribution in [-0.2, 0) is 21.9 Å². The smallest absolute Gasteiger partial charge is 0.323 e. The molecular weight excluding hydrogens is 435 g/mol. The fourth-order valence-electron chi connectivity index (χ4n) is 2.81. The molecule has 0 saturated carbocycles. The zero-order valence-electron chi connectivity index (χ0n) is 16.6. The molecule has 0 saturated heterocycles. The van der Waals surface area contributed by atoms with Crippen LogP contribution in [-0.4, -0.2) is 27.7 Å². The number of Topliss-reactive ketones (excluding diaryl/α,β-unsaturated/α-hetero) is 1. The van der Waals surface area contributed by atoms with Gasteiger partial charge in [0.05, 0.1) is 11.5 Å². The molecule has 0 bridgehead atoms. The van der Waals surface area contributed by atoms with Crippen LogP contribution >= 0.6 is 19.2 Å². The molecule has 1 aromatic heterocycles. The molecule has 2 rings (SSSR count). The summed E-state index contributed by atoms with van der Waals surface area (Å²) in [6.45, 7) is 1.38. The second-order valence-electron chi connectivity index (χ2n) is 7.56. The quantitative estimate of drug-likeness (QED) is 0.246. The van der Waals surface area contributed by atoms with E-state index in [0.29, 0.717) is 49.0 Å². The van der Waals surface area contributed by atoms with Crippen molar-refractivity contribution in [2.45, 2.75) is 51.0 Å². The van der Waals surface area contributed by atoms with E-state index in [-0.39, 0.29) is 12.4 Å². The molecule has 0 amide bonds. The molecule has 2 aromatic rings. The van der Waals surface area contributed by atoms with Crippen molar-refractivity contribution in [3.8, 4) is 0 Å². The number of hydrogen-bond acceptors (Lipinski definition) is 5. The molecule has 1 aromatic carbocycles. The highest BCUT2D eigenvalue weighted by Crippen LogP contribution is 2.37. The van der Waals surface area contributed by atoms with E-state index in [4.69, 9.17) is 15.5 Å². The van der Waals surface area contributed by atoms with Crippen molar-refractivity contribution >= 4 is 24.9 Å². The standard InChI is InChI=1S/C20H26F2NO5PS/c1-20(23,13-28-29(25,26)27)11-10-15-7-9-19(30-15)18(24)5-3-2-4-14-6-8-16(21)17(22)12-14/h6-9,12H,2-5,10-11,13,23H2,1H3,(H2,25,26,27). The molecule has 1 atom stereocenters. The van der Waals surface area contributed by atoms with Gasteiger partial charge in [-0.2, -0.15) is 0 Å². The molecule has 1 heterocycles. The van der Waals surface area contributed by atoms with Gasteiger partial charge in [0.25, 0.3) is 0 Å². The Morgan fingerprint density at radius 2 is 1.90 bits per heavy atom. The molecule has 4 N–H and O–H groups in total. The summed E-state index contributed by atoms with van der Waals surface area (Å²) in [6.07, 6.45) is 3.28. The van der Waals surface area contributed by atoms with Crippen LogP contribution in [0, 0.1) is 11.6 Å². The first-order valence-corrected chi connectivity index (χ1v) is 11.8. The Balaban J connectivity index is 1.74. The lowest BCUT2D eigenvalue weighted by Gasteiger charge is -2.24. The van der Waals surface area contributed by atoms with Crippen LogP contribution in [0.1, 0.15) is 52.7 Å². The van der Waals surface area contributed by atoms with E-state index in [2.05, 4.69) is 4.52 Å². The van der Waals surface area contributed by atoms with Gasteiger partial charge in [-0.3, -0.25) is 9.32 Å². The zero-order chi connectivity index (χ0) is 22.4. The van der Waals surface area contributed by atoms with Crippen LogP contribution in [0.25, 0.3) is 0 Å². The van der Waals surface area contributed by atoms with Gasteiger partial charge in [0.1, 0.15) is 0 Å². The van der Waals surface area contributed by atoms with Crippen molar-refractivity contribution in [3.63, 3.8) is 0 Å². The van der Waals surface area contributed by atoms with Crippen molar-refractivity contribution in [1.82, 2.24) is 0 Å². The third-order valence-corrected chi connectivity index (χ3v) is 6.20. The summed E-state index contributed by atoms with van der Waals surface area (Å²) >= 11 is 1.37. The summed E-state index contributed by atoms with van der Waals surface area (Å²) in [6, 6.07) is 7.44. The number of thiophene rings is 1. The molecule has 0 radical (unpaired) electrons. The summed E-state index contributed by atoms with van der Waals surface area (Å²) in [7, 11) is -4.56. The second kappa shape index (κ2) is 10.7. The molecule has 0 aliphatic carbocycles. The molecule has 0 aliphatic rings. The van der Waals surface area contributed by atoms with Crippen LogP contribution in [0.4, 0.5) is 8.78 Å². The van der Waals surface area contributed by atoms with Crippen molar-refractivity contribution in [2.75, 3.05) is 6.61 Å². The Kier molecular flexibility index (Phi) is 8.85. The highest BCUT2D eigenvalue weighted by molar-refractivity contribution is 7.46. The monoisotopic (exact) mass is 461 g/mol. The molecule has 0 aliphatic heterocycles. The van der Waals surface area contributed by atoms with Crippen molar-refractivity contribution in [3.05, 3.63) is 57.3 Å². The number of nitrogens with two attached hydrogens (primary N) is 1. The zero-order valence-corrected chi connectivity index (χ0v) is 18.4. The third kappa shape index (κ3) is 8.71. The lowest BCUT2D eigenvalue weighted by Crippen LogP contribution is -2.41. The van der Waals surface area contributed by atoms with Gasteiger partial charge < -0.3 is 15.5 Å². The van der Waals surface area contributed by atoms with Crippen LogP contribution in [0.3, 0.4) is 0 Å². The average Bonchev–Trinajstić information content (AvgIpc) is 3.14.